The van der Waals surface area contributed by atoms with Gasteiger partial charge in [0.2, 0.25) is 0 Å². The average molecular weight is 415 g/mol. The Labute approximate surface area is 173 Å². The molecule has 0 fully saturated rings. The number of carbonyl (C=O) groups is 2. The van der Waals surface area contributed by atoms with E-state index in [-0.39, 0.29) is 11.4 Å². The quantitative estimate of drug-likeness (QED) is 0.460. The summed E-state index contributed by atoms with van der Waals surface area (Å²) in [6.07, 6.45) is 3.09. The molecule has 0 aliphatic rings. The van der Waals surface area contributed by atoms with Gasteiger partial charge < -0.3 is 10.4 Å². The Kier molecular flexibility index (Phi) is 4.22. The van der Waals surface area contributed by atoms with Gasteiger partial charge in [-0.3, -0.25) is 14.2 Å². The Hall–Kier alpha value is -4.11. The number of para-hydroxylation sites is 3. The lowest BCUT2D eigenvalue weighted by molar-refractivity contribution is 0.0689. The number of amides is 1. The average Bonchev–Trinajstić information content (AvgIpc) is 3.34. The number of aromatic nitrogens is 4. The summed E-state index contributed by atoms with van der Waals surface area (Å²) >= 11 is 1.24. The van der Waals surface area contributed by atoms with E-state index < -0.39 is 11.9 Å². The standard InChI is InChI=1S/C21H13N5O3S/c27-19(16-9-22-14-7-3-4-8-15(14)23-16)24-13-6-2-1-5-12(13)17-10-26-18(20(28)29)11-30-21(26)25-17/h1-11H,(H,24,27)(H,28,29). The third-order valence-corrected chi connectivity index (χ3v) is 5.40. The van der Waals surface area contributed by atoms with Crippen molar-refractivity contribution < 1.29 is 14.7 Å². The smallest absolute Gasteiger partial charge is 0.353 e. The first-order valence-corrected chi connectivity index (χ1v) is 9.80. The number of carbonyl (C=O) groups excluding carboxylic acids is 1. The largest absolute Gasteiger partial charge is 0.477 e. The maximum absolute atomic E-state index is 12.8. The van der Waals surface area contributed by atoms with Crippen LogP contribution in [0.2, 0.25) is 0 Å². The first kappa shape index (κ1) is 18.0. The molecule has 0 saturated carbocycles. The van der Waals surface area contributed by atoms with Crippen molar-refractivity contribution in [1.82, 2.24) is 19.4 Å². The minimum Gasteiger partial charge on any atom is -0.477 e. The van der Waals surface area contributed by atoms with Gasteiger partial charge in [-0.2, -0.15) is 0 Å². The summed E-state index contributed by atoms with van der Waals surface area (Å²) in [4.78, 5) is 37.9. The van der Waals surface area contributed by atoms with Crippen molar-refractivity contribution in [3.05, 3.63) is 77.7 Å². The summed E-state index contributed by atoms with van der Waals surface area (Å²) in [7, 11) is 0. The van der Waals surface area contributed by atoms with E-state index in [4.69, 9.17) is 0 Å². The van der Waals surface area contributed by atoms with E-state index in [0.29, 0.717) is 32.9 Å². The van der Waals surface area contributed by atoms with Crippen LogP contribution in [0.4, 0.5) is 5.69 Å². The number of hydrogen-bond acceptors (Lipinski definition) is 6. The fourth-order valence-electron chi connectivity index (χ4n) is 3.14. The molecule has 2 N–H and O–H groups in total. The molecule has 3 heterocycles. The zero-order valence-corrected chi connectivity index (χ0v) is 16.1. The first-order chi connectivity index (χ1) is 14.6. The van der Waals surface area contributed by atoms with Gasteiger partial charge in [0.25, 0.3) is 5.91 Å². The molecule has 0 saturated heterocycles. The predicted molar refractivity (Wildman–Crippen MR) is 113 cm³/mol. The van der Waals surface area contributed by atoms with E-state index in [2.05, 4.69) is 20.3 Å². The summed E-state index contributed by atoms with van der Waals surface area (Å²) in [5, 5.41) is 13.7. The molecule has 5 aromatic rings. The Morgan fingerprint density at radius 1 is 1.00 bits per heavy atom. The Bertz CT molecular complexity index is 1440. The fraction of sp³-hybridized carbons (Fsp3) is 0. The number of imidazole rings is 1. The molecule has 0 bridgehead atoms. The molecular weight excluding hydrogens is 402 g/mol. The van der Waals surface area contributed by atoms with Crippen LogP contribution in [0.1, 0.15) is 21.0 Å². The molecule has 0 atom stereocenters. The molecule has 0 radical (unpaired) electrons. The molecular formula is C21H13N5O3S. The Morgan fingerprint density at radius 3 is 2.60 bits per heavy atom. The van der Waals surface area contributed by atoms with E-state index in [1.165, 1.54) is 21.9 Å². The molecule has 9 heteroatoms. The molecule has 0 unspecified atom stereocenters. The van der Waals surface area contributed by atoms with Crippen LogP contribution in [0, 0.1) is 0 Å². The number of rotatable bonds is 4. The van der Waals surface area contributed by atoms with Gasteiger partial charge in [0.05, 0.1) is 28.6 Å². The Balaban J connectivity index is 1.50. The van der Waals surface area contributed by atoms with Gasteiger partial charge in [-0.1, -0.05) is 30.3 Å². The number of nitrogens with zero attached hydrogens (tertiary/aromatic N) is 4. The third-order valence-electron chi connectivity index (χ3n) is 4.56. The van der Waals surface area contributed by atoms with E-state index in [1.807, 2.05) is 30.3 Å². The number of carboxylic acids is 1. The second-order valence-corrected chi connectivity index (χ2v) is 7.29. The summed E-state index contributed by atoms with van der Waals surface area (Å²) < 4.78 is 1.52. The van der Waals surface area contributed by atoms with Crippen molar-refractivity contribution >= 4 is 44.9 Å². The minimum absolute atomic E-state index is 0.140. The number of nitrogens with one attached hydrogen (secondary N) is 1. The normalized spacial score (nSPS) is 11.1. The van der Waals surface area contributed by atoms with Crippen molar-refractivity contribution in [2.24, 2.45) is 0 Å². The highest BCUT2D eigenvalue weighted by molar-refractivity contribution is 7.15. The monoisotopic (exact) mass is 415 g/mol. The minimum atomic E-state index is -1.03. The highest BCUT2D eigenvalue weighted by Crippen LogP contribution is 2.29. The third kappa shape index (κ3) is 3.07. The van der Waals surface area contributed by atoms with Gasteiger partial charge >= 0.3 is 5.97 Å². The molecule has 3 aromatic heterocycles. The van der Waals surface area contributed by atoms with Crippen molar-refractivity contribution in [1.29, 1.82) is 0 Å². The molecule has 8 nitrogen and oxygen atoms in total. The van der Waals surface area contributed by atoms with E-state index in [9.17, 15) is 14.7 Å². The van der Waals surface area contributed by atoms with Crippen LogP contribution in [0.5, 0.6) is 0 Å². The lowest BCUT2D eigenvalue weighted by atomic mass is 10.1. The molecule has 0 spiro atoms. The van der Waals surface area contributed by atoms with Gasteiger partial charge in [-0.15, -0.1) is 11.3 Å². The van der Waals surface area contributed by atoms with Crippen molar-refractivity contribution in [2.45, 2.75) is 0 Å². The summed E-state index contributed by atoms with van der Waals surface area (Å²) in [6.45, 7) is 0. The number of aromatic carboxylic acids is 1. The fourth-order valence-corrected chi connectivity index (χ4v) is 3.98. The second kappa shape index (κ2) is 7.05. The van der Waals surface area contributed by atoms with E-state index in [1.54, 1.807) is 29.8 Å². The van der Waals surface area contributed by atoms with Crippen LogP contribution in [0.3, 0.4) is 0 Å². The van der Waals surface area contributed by atoms with Crippen molar-refractivity contribution in [3.63, 3.8) is 0 Å². The van der Waals surface area contributed by atoms with Crippen molar-refractivity contribution in [3.8, 4) is 11.3 Å². The van der Waals surface area contributed by atoms with Gasteiger partial charge in [0.15, 0.2) is 4.96 Å². The predicted octanol–water partition coefficient (Wildman–Crippen LogP) is 3.96. The highest BCUT2D eigenvalue weighted by atomic mass is 32.1. The van der Waals surface area contributed by atoms with Gasteiger partial charge in [0.1, 0.15) is 11.4 Å². The lowest BCUT2D eigenvalue weighted by Gasteiger charge is -2.09. The topological polar surface area (TPSA) is 109 Å². The van der Waals surface area contributed by atoms with Crippen LogP contribution in [0.25, 0.3) is 27.3 Å². The maximum Gasteiger partial charge on any atom is 0.353 e. The van der Waals surface area contributed by atoms with Crippen LogP contribution in [-0.4, -0.2) is 36.3 Å². The van der Waals surface area contributed by atoms with Crippen LogP contribution in [0.15, 0.2) is 66.3 Å². The molecule has 5 rings (SSSR count). The Morgan fingerprint density at radius 2 is 1.77 bits per heavy atom. The number of anilines is 1. The highest BCUT2D eigenvalue weighted by Gasteiger charge is 2.17. The summed E-state index contributed by atoms with van der Waals surface area (Å²) in [5.74, 6) is -1.42. The first-order valence-electron chi connectivity index (χ1n) is 8.92. The molecule has 0 aliphatic carbocycles. The van der Waals surface area contributed by atoms with E-state index >= 15 is 0 Å². The number of thiazole rings is 1. The zero-order chi connectivity index (χ0) is 20.7. The summed E-state index contributed by atoms with van der Waals surface area (Å²) in [5.41, 5.74) is 3.46. The molecule has 146 valence electrons. The molecule has 30 heavy (non-hydrogen) atoms. The number of benzene rings is 2. The van der Waals surface area contributed by atoms with Crippen LogP contribution >= 0.6 is 11.3 Å². The molecule has 2 aromatic carbocycles. The molecule has 1 amide bonds. The van der Waals surface area contributed by atoms with Gasteiger partial charge in [-0.25, -0.2) is 14.8 Å². The summed E-state index contributed by atoms with van der Waals surface area (Å²) in [6, 6.07) is 14.5. The number of fused-ring (bicyclic) bond motifs is 2. The molecule has 0 aliphatic heterocycles. The van der Waals surface area contributed by atoms with E-state index in [0.717, 1.165) is 0 Å². The van der Waals surface area contributed by atoms with Crippen LogP contribution in [-0.2, 0) is 0 Å². The number of carboxylic acid groups (broad SMARTS) is 1. The number of hydrogen-bond donors (Lipinski definition) is 2. The zero-order valence-electron chi connectivity index (χ0n) is 15.3. The maximum atomic E-state index is 12.8. The lowest BCUT2D eigenvalue weighted by Crippen LogP contribution is -2.14. The van der Waals surface area contributed by atoms with Crippen molar-refractivity contribution in [2.75, 3.05) is 5.32 Å². The SMILES string of the molecule is O=C(Nc1ccccc1-c1cn2c(C(=O)O)csc2n1)c1cnc2ccccc2n1. The van der Waals surface area contributed by atoms with Crippen LogP contribution < -0.4 is 5.32 Å². The van der Waals surface area contributed by atoms with Gasteiger partial charge in [0, 0.05) is 17.1 Å². The second-order valence-electron chi connectivity index (χ2n) is 6.45. The van der Waals surface area contributed by atoms with Gasteiger partial charge in [-0.05, 0) is 18.2 Å².